The lowest BCUT2D eigenvalue weighted by atomic mass is 9.88. The molecule has 10 atom stereocenters. The number of aliphatic hydroxyl groups is 1. The van der Waals surface area contributed by atoms with E-state index in [-0.39, 0.29) is 89.5 Å². The summed E-state index contributed by atoms with van der Waals surface area (Å²) in [5.74, 6) is -5.61. The second-order valence-electron chi connectivity index (χ2n) is 26.4. The summed E-state index contributed by atoms with van der Waals surface area (Å²) >= 11 is 0. The Balaban J connectivity index is 1.15. The SMILES string of the molecule is COC(CC(=O)N1CCCC1C(OC)C(C)C(=O)NC(C)C(O)c1ccccc1)C(C1CCCC1)N(C)C(=O)C(NC(=O)C(C)(C)N(C)C(=O)OCc1ccc(NC(=O)C(CCCNC(N)=O)NC(=O)C(NC(=O)CCOCCOCCN2C(=O)C=CC2=O)C(C)C)cc1)C(C)C. The zero-order valence-corrected chi connectivity index (χ0v) is 58.4. The van der Waals surface area contributed by atoms with Crippen LogP contribution in [0.3, 0.4) is 0 Å². The Morgan fingerprint density at radius 2 is 1.36 bits per heavy atom. The number of nitrogens with zero attached hydrogens (tertiary/aromatic N) is 4. The molecular formula is C69H105N11O17. The highest BCUT2D eigenvalue weighted by molar-refractivity contribution is 6.12. The fourth-order valence-electron chi connectivity index (χ4n) is 12.3. The molecule has 5 rings (SSSR count). The zero-order valence-electron chi connectivity index (χ0n) is 58.4. The number of methoxy groups -OCH3 is 2. The van der Waals surface area contributed by atoms with Gasteiger partial charge in [0.1, 0.15) is 30.3 Å². The molecular weight excluding hydrogens is 1250 g/mol. The molecule has 97 heavy (non-hydrogen) atoms. The number of nitrogens with two attached hydrogens (primary N) is 1. The number of likely N-dealkylation sites (tertiary alicyclic amines) is 1. The number of likely N-dealkylation sites (N-methyl/N-ethyl adjacent to an activating group) is 2. The maximum absolute atomic E-state index is 14.9. The number of anilines is 1. The number of nitrogens with one attached hydrogen (secondary N) is 6. The highest BCUT2D eigenvalue weighted by atomic mass is 16.6. The molecule has 28 nitrogen and oxygen atoms in total. The molecule has 9 N–H and O–H groups in total. The van der Waals surface area contributed by atoms with Gasteiger partial charge in [0, 0.05) is 65.7 Å². The Morgan fingerprint density at radius 3 is 1.96 bits per heavy atom. The van der Waals surface area contributed by atoms with Crippen LogP contribution in [0.4, 0.5) is 15.3 Å². The topological polar surface area (TPSA) is 365 Å². The van der Waals surface area contributed by atoms with E-state index >= 15 is 0 Å². The van der Waals surface area contributed by atoms with E-state index in [0.717, 1.165) is 35.5 Å². The molecule has 1 saturated carbocycles. The summed E-state index contributed by atoms with van der Waals surface area (Å²) in [6.45, 7) is 14.4. The molecule has 1 aliphatic carbocycles. The monoisotopic (exact) mass is 1360 g/mol. The van der Waals surface area contributed by atoms with Crippen LogP contribution >= 0.6 is 0 Å². The second kappa shape index (κ2) is 38.8. The number of urea groups is 1. The second-order valence-corrected chi connectivity index (χ2v) is 26.4. The van der Waals surface area contributed by atoms with E-state index in [1.165, 1.54) is 47.3 Å². The van der Waals surface area contributed by atoms with Crippen molar-refractivity contribution in [2.45, 2.75) is 186 Å². The van der Waals surface area contributed by atoms with Gasteiger partial charge in [0.05, 0.1) is 81.7 Å². The minimum atomic E-state index is -1.55. The number of ether oxygens (including phenoxy) is 5. The predicted molar refractivity (Wildman–Crippen MR) is 359 cm³/mol. The van der Waals surface area contributed by atoms with Gasteiger partial charge < -0.3 is 76.2 Å². The molecule has 28 heteroatoms. The molecule has 10 unspecified atom stereocenters. The number of aliphatic hydroxyl groups excluding tert-OH is 1. The summed E-state index contributed by atoms with van der Waals surface area (Å²) < 4.78 is 28.7. The third-order valence-electron chi connectivity index (χ3n) is 18.4. The van der Waals surface area contributed by atoms with Gasteiger partial charge in [0.15, 0.2) is 0 Å². The highest BCUT2D eigenvalue weighted by Gasteiger charge is 2.46. The molecule has 2 aromatic rings. The molecule has 0 aromatic heterocycles. The van der Waals surface area contributed by atoms with Gasteiger partial charge in [-0.2, -0.15) is 0 Å². The first-order valence-electron chi connectivity index (χ1n) is 33.6. The van der Waals surface area contributed by atoms with Gasteiger partial charge in [0.25, 0.3) is 11.8 Å². The first-order valence-corrected chi connectivity index (χ1v) is 33.6. The van der Waals surface area contributed by atoms with Crippen molar-refractivity contribution < 1.29 is 81.5 Å². The summed E-state index contributed by atoms with van der Waals surface area (Å²) in [4.78, 5) is 152. The van der Waals surface area contributed by atoms with E-state index in [0.29, 0.717) is 36.2 Å². The number of hydrogen-bond acceptors (Lipinski definition) is 17. The Kier molecular flexibility index (Phi) is 31.8. The molecule has 0 spiro atoms. The molecule has 2 aliphatic heterocycles. The van der Waals surface area contributed by atoms with Gasteiger partial charge in [-0.15, -0.1) is 0 Å². The smallest absolute Gasteiger partial charge is 0.410 e. The molecule has 2 heterocycles. The van der Waals surface area contributed by atoms with Gasteiger partial charge in [-0.3, -0.25) is 53.0 Å². The minimum absolute atomic E-state index is 0.00747. The first-order chi connectivity index (χ1) is 46.0. The average Bonchev–Trinajstić information content (AvgIpc) is 1.79. The summed E-state index contributed by atoms with van der Waals surface area (Å²) in [6.07, 6.45) is 4.07. The lowest BCUT2D eigenvalue weighted by Crippen LogP contribution is -2.62. The first kappa shape index (κ1) is 79.6. The largest absolute Gasteiger partial charge is 0.445 e. The van der Waals surface area contributed by atoms with E-state index in [4.69, 9.17) is 29.4 Å². The Labute approximate surface area is 569 Å². The van der Waals surface area contributed by atoms with E-state index in [1.54, 1.807) is 94.8 Å². The van der Waals surface area contributed by atoms with Crippen LogP contribution < -0.4 is 37.6 Å². The molecule has 2 fully saturated rings. The maximum atomic E-state index is 14.9. The standard InChI is InChI=1S/C69H105N11O17/c1-42(2)57(75-53(81)32-36-95-38-39-96-37-35-80-54(82)30-31-55(80)83)64(88)74-50(24-18-33-71-67(70)91)63(87)73-49-28-26-46(27-29-49)41-97-68(92)78(10)69(7,8)66(90)76-58(43(3)4)65(89)77(9)59(47-20-16-17-21-47)52(93-11)40-56(84)79-34-19-25-51(79)61(94-12)44(5)62(86)72-45(6)60(85)48-22-14-13-15-23-48/h13-15,22-23,26-31,42-45,47,50-52,57-61,85H,16-21,24-25,32-41H2,1-12H3,(H,72,86)(H,73,87)(H,74,88)(H,75,81)(H,76,90)(H3,70,71,91). The number of carbonyl (C=O) groups is 11. The van der Waals surface area contributed by atoms with Crippen LogP contribution in [0.25, 0.3) is 0 Å². The lowest BCUT2D eigenvalue weighted by molar-refractivity contribution is -0.148. The summed E-state index contributed by atoms with van der Waals surface area (Å²) in [6, 6.07) is 9.83. The van der Waals surface area contributed by atoms with Crippen molar-refractivity contribution in [3.63, 3.8) is 0 Å². The summed E-state index contributed by atoms with van der Waals surface area (Å²) in [5.41, 5.74) is 5.21. The van der Waals surface area contributed by atoms with Crippen LogP contribution in [0.5, 0.6) is 0 Å². The average molecular weight is 1360 g/mol. The summed E-state index contributed by atoms with van der Waals surface area (Å²) in [7, 11) is 6.13. The molecule has 0 radical (unpaired) electrons. The quantitative estimate of drug-likeness (QED) is 0.0348. The van der Waals surface area contributed by atoms with Crippen molar-refractivity contribution in [3.05, 3.63) is 77.9 Å². The number of carbonyl (C=O) groups excluding carboxylic acids is 11. The number of hydrogen-bond donors (Lipinski definition) is 8. The van der Waals surface area contributed by atoms with Crippen molar-refractivity contribution in [1.29, 1.82) is 0 Å². The Morgan fingerprint density at radius 1 is 0.732 bits per heavy atom. The van der Waals surface area contributed by atoms with Crippen LogP contribution in [0.1, 0.15) is 137 Å². The molecule has 3 aliphatic rings. The third kappa shape index (κ3) is 23.3. The lowest BCUT2D eigenvalue weighted by Gasteiger charge is -2.41. The molecule has 538 valence electrons. The van der Waals surface area contributed by atoms with Crippen molar-refractivity contribution in [2.24, 2.45) is 29.4 Å². The van der Waals surface area contributed by atoms with Crippen LogP contribution in [-0.2, 0) is 73.4 Å². The molecule has 2 aromatic carbocycles. The predicted octanol–water partition coefficient (Wildman–Crippen LogP) is 3.84. The van der Waals surface area contributed by atoms with E-state index in [1.807, 2.05) is 18.2 Å². The van der Waals surface area contributed by atoms with Gasteiger partial charge in [0.2, 0.25) is 41.4 Å². The number of benzene rings is 2. The minimum Gasteiger partial charge on any atom is -0.445 e. The van der Waals surface area contributed by atoms with Gasteiger partial charge in [-0.1, -0.05) is 89.9 Å². The van der Waals surface area contributed by atoms with Crippen LogP contribution in [0.15, 0.2) is 66.7 Å². The van der Waals surface area contributed by atoms with E-state index < -0.39 is 131 Å². The fourth-order valence-corrected chi connectivity index (χ4v) is 12.3. The van der Waals surface area contributed by atoms with Crippen LogP contribution in [0, 0.1) is 23.7 Å². The van der Waals surface area contributed by atoms with Crippen molar-refractivity contribution >= 4 is 71.0 Å². The van der Waals surface area contributed by atoms with E-state index in [2.05, 4.69) is 31.9 Å². The number of rotatable bonds is 39. The molecule has 12 amide bonds. The molecule has 0 bridgehead atoms. The fraction of sp³-hybridized carbons (Fsp3) is 0.638. The highest BCUT2D eigenvalue weighted by Crippen LogP contribution is 2.35. The normalized spacial score (nSPS) is 17.7. The van der Waals surface area contributed by atoms with Gasteiger partial charge in [-0.25, -0.2) is 9.59 Å². The Bertz CT molecular complexity index is 2980. The van der Waals surface area contributed by atoms with E-state index in [9.17, 15) is 57.8 Å². The number of primary amides is 1. The van der Waals surface area contributed by atoms with Crippen LogP contribution in [0.2, 0.25) is 0 Å². The maximum Gasteiger partial charge on any atom is 0.410 e. The number of imide groups is 1. The van der Waals surface area contributed by atoms with Crippen molar-refractivity contribution in [3.8, 4) is 0 Å². The molecule has 1 saturated heterocycles. The summed E-state index contributed by atoms with van der Waals surface area (Å²) in [5, 5.41) is 27.5. The van der Waals surface area contributed by atoms with Crippen molar-refractivity contribution in [1.82, 2.24) is 46.2 Å². The Hall–Kier alpha value is -8.05. The van der Waals surface area contributed by atoms with Gasteiger partial charge >= 0.3 is 12.1 Å². The third-order valence-corrected chi connectivity index (χ3v) is 18.4. The zero-order chi connectivity index (χ0) is 71.7. The van der Waals surface area contributed by atoms with Crippen LogP contribution in [-0.4, -0.2) is 218 Å². The number of amides is 12. The van der Waals surface area contributed by atoms with Crippen molar-refractivity contribution in [2.75, 3.05) is 79.7 Å². The van der Waals surface area contributed by atoms with Gasteiger partial charge in [-0.05, 0) is 100 Å².